The summed E-state index contributed by atoms with van der Waals surface area (Å²) in [7, 11) is 0. The number of ketones is 1. The van der Waals surface area contributed by atoms with E-state index in [4.69, 9.17) is 5.11 Å². The molecule has 0 heterocycles. The highest BCUT2D eigenvalue weighted by molar-refractivity contribution is 5.96. The van der Waals surface area contributed by atoms with E-state index in [0.29, 0.717) is 12.8 Å². The summed E-state index contributed by atoms with van der Waals surface area (Å²) in [6, 6.07) is 5.91. The molecule has 4 heteroatoms. The molecule has 0 aromatic heterocycles. The van der Waals surface area contributed by atoms with E-state index in [1.54, 1.807) is 12.1 Å². The Kier molecular flexibility index (Phi) is 3.75. The zero-order valence-corrected chi connectivity index (χ0v) is 9.93. The van der Waals surface area contributed by atoms with Crippen LogP contribution >= 0.6 is 0 Å². The van der Waals surface area contributed by atoms with Crippen molar-refractivity contribution in [2.45, 2.75) is 25.7 Å². The Labute approximate surface area is 105 Å². The fourth-order valence-corrected chi connectivity index (χ4v) is 2.54. The van der Waals surface area contributed by atoms with Gasteiger partial charge in [0.05, 0.1) is 11.5 Å². The fraction of sp³-hybridized carbons (Fsp3) is 0.429. The van der Waals surface area contributed by atoms with Gasteiger partial charge in [-0.3, -0.25) is 9.59 Å². The van der Waals surface area contributed by atoms with E-state index in [-0.39, 0.29) is 29.6 Å². The smallest absolute Gasteiger partial charge is 0.306 e. The van der Waals surface area contributed by atoms with E-state index in [1.165, 1.54) is 12.1 Å². The molecule has 0 amide bonds. The minimum atomic E-state index is -0.796. The predicted molar refractivity (Wildman–Crippen MR) is 63.8 cm³/mol. The van der Waals surface area contributed by atoms with Crippen molar-refractivity contribution in [3.05, 3.63) is 35.6 Å². The molecule has 0 saturated heterocycles. The second-order valence-corrected chi connectivity index (χ2v) is 4.82. The van der Waals surface area contributed by atoms with Gasteiger partial charge in [-0.15, -0.1) is 0 Å². The van der Waals surface area contributed by atoms with Crippen LogP contribution in [-0.4, -0.2) is 16.9 Å². The molecule has 1 aromatic carbocycles. The Bertz CT molecular complexity index is 470. The molecule has 1 saturated carbocycles. The molecule has 0 aliphatic heterocycles. The van der Waals surface area contributed by atoms with E-state index in [2.05, 4.69) is 0 Å². The molecular formula is C14H15FO3. The Hall–Kier alpha value is -1.71. The first kappa shape index (κ1) is 12.7. The molecule has 3 nitrogen and oxygen atoms in total. The lowest BCUT2D eigenvalue weighted by atomic mass is 9.95. The van der Waals surface area contributed by atoms with E-state index in [9.17, 15) is 14.0 Å². The predicted octanol–water partition coefficient (Wildman–Crippen LogP) is 2.90. The van der Waals surface area contributed by atoms with Crippen molar-refractivity contribution in [1.29, 1.82) is 0 Å². The van der Waals surface area contributed by atoms with Crippen LogP contribution < -0.4 is 0 Å². The maximum Gasteiger partial charge on any atom is 0.306 e. The summed E-state index contributed by atoms with van der Waals surface area (Å²) in [5.41, 5.74) is 0.108. The molecule has 2 rings (SSSR count). The van der Waals surface area contributed by atoms with Crippen molar-refractivity contribution in [2.75, 3.05) is 0 Å². The highest BCUT2D eigenvalue weighted by Crippen LogP contribution is 2.34. The monoisotopic (exact) mass is 250 g/mol. The van der Waals surface area contributed by atoms with Gasteiger partial charge >= 0.3 is 5.97 Å². The van der Waals surface area contributed by atoms with Crippen molar-refractivity contribution in [2.24, 2.45) is 11.8 Å². The third-order valence-corrected chi connectivity index (χ3v) is 3.54. The Morgan fingerprint density at radius 1 is 1.28 bits per heavy atom. The summed E-state index contributed by atoms with van der Waals surface area (Å²) in [6.07, 6.45) is 2.11. The third-order valence-electron chi connectivity index (χ3n) is 3.54. The second-order valence-electron chi connectivity index (χ2n) is 4.82. The molecule has 0 unspecified atom stereocenters. The van der Waals surface area contributed by atoms with E-state index in [0.717, 1.165) is 6.42 Å². The van der Waals surface area contributed by atoms with Crippen molar-refractivity contribution in [1.82, 2.24) is 0 Å². The number of hydrogen-bond acceptors (Lipinski definition) is 2. The first-order valence-corrected chi connectivity index (χ1v) is 6.08. The number of aliphatic carboxylic acids is 1. The molecule has 2 atom stereocenters. The third kappa shape index (κ3) is 2.75. The van der Waals surface area contributed by atoms with Gasteiger partial charge in [0.15, 0.2) is 5.78 Å². The number of benzene rings is 1. The summed E-state index contributed by atoms with van der Waals surface area (Å²) in [4.78, 5) is 22.7. The average Bonchev–Trinajstić information content (AvgIpc) is 2.78. The first-order chi connectivity index (χ1) is 8.58. The van der Waals surface area contributed by atoms with Crippen LogP contribution in [0.5, 0.6) is 0 Å². The van der Waals surface area contributed by atoms with Crippen LogP contribution in [0.1, 0.15) is 36.0 Å². The molecule has 1 aromatic rings. The lowest BCUT2D eigenvalue weighted by molar-refractivity contribution is -0.141. The van der Waals surface area contributed by atoms with Gasteiger partial charge in [-0.05, 0) is 37.3 Å². The van der Waals surface area contributed by atoms with Crippen LogP contribution in [0, 0.1) is 17.7 Å². The van der Waals surface area contributed by atoms with E-state index in [1.807, 2.05) is 0 Å². The molecule has 0 bridgehead atoms. The topological polar surface area (TPSA) is 54.4 Å². The molecular weight excluding hydrogens is 235 g/mol. The lowest BCUT2D eigenvalue weighted by Crippen LogP contribution is -2.11. The lowest BCUT2D eigenvalue weighted by Gasteiger charge is -2.09. The van der Waals surface area contributed by atoms with Crippen LogP contribution in [0.4, 0.5) is 4.39 Å². The highest BCUT2D eigenvalue weighted by Gasteiger charge is 2.31. The van der Waals surface area contributed by atoms with Crippen LogP contribution in [-0.2, 0) is 4.79 Å². The number of halogens is 1. The van der Waals surface area contributed by atoms with Crippen molar-refractivity contribution >= 4 is 11.8 Å². The molecule has 1 aliphatic carbocycles. The first-order valence-electron chi connectivity index (χ1n) is 6.08. The van der Waals surface area contributed by atoms with Crippen LogP contribution in [0.3, 0.4) is 0 Å². The standard InChI is InChI=1S/C14H15FO3/c15-12-4-2-1-3-11(12)13(16)8-9-5-6-10(7-9)14(17)18/h1-4,9-10H,5-8H2,(H,17,18)/t9-,10+/m0/s1. The minimum absolute atomic E-state index is 0.0678. The van der Waals surface area contributed by atoms with Crippen LogP contribution in [0.25, 0.3) is 0 Å². The Morgan fingerprint density at radius 2 is 2.00 bits per heavy atom. The van der Waals surface area contributed by atoms with Crippen molar-refractivity contribution in [3.63, 3.8) is 0 Å². The van der Waals surface area contributed by atoms with Gasteiger partial charge in [0, 0.05) is 6.42 Å². The molecule has 0 radical (unpaired) electrons. The number of Topliss-reactive ketones (excluding diaryl/α,β-unsaturated/α-hetero) is 1. The maximum absolute atomic E-state index is 13.4. The SMILES string of the molecule is O=C(C[C@H]1CC[C@@H](C(=O)O)C1)c1ccccc1F. The van der Waals surface area contributed by atoms with Gasteiger partial charge in [0.1, 0.15) is 5.82 Å². The largest absolute Gasteiger partial charge is 0.481 e. The molecule has 1 aliphatic rings. The number of carboxylic acids is 1. The number of rotatable bonds is 4. The second kappa shape index (κ2) is 5.29. The zero-order valence-electron chi connectivity index (χ0n) is 9.93. The molecule has 96 valence electrons. The van der Waals surface area contributed by atoms with Gasteiger partial charge in [0.2, 0.25) is 0 Å². The highest BCUT2D eigenvalue weighted by atomic mass is 19.1. The minimum Gasteiger partial charge on any atom is -0.481 e. The summed E-state index contributed by atoms with van der Waals surface area (Å²) in [6.45, 7) is 0. The van der Waals surface area contributed by atoms with Gasteiger partial charge < -0.3 is 5.11 Å². The Morgan fingerprint density at radius 3 is 2.61 bits per heavy atom. The summed E-state index contributed by atoms with van der Waals surface area (Å²) < 4.78 is 13.4. The zero-order chi connectivity index (χ0) is 13.1. The fourth-order valence-electron chi connectivity index (χ4n) is 2.54. The normalized spacial score (nSPS) is 22.9. The number of hydrogen-bond donors (Lipinski definition) is 1. The maximum atomic E-state index is 13.4. The number of carboxylic acid groups (broad SMARTS) is 1. The van der Waals surface area contributed by atoms with Crippen LogP contribution in [0.15, 0.2) is 24.3 Å². The van der Waals surface area contributed by atoms with Crippen LogP contribution in [0.2, 0.25) is 0 Å². The molecule has 18 heavy (non-hydrogen) atoms. The molecule has 1 fully saturated rings. The summed E-state index contributed by atoms with van der Waals surface area (Å²) in [5.74, 6) is -1.81. The van der Waals surface area contributed by atoms with Crippen molar-refractivity contribution < 1.29 is 19.1 Å². The van der Waals surface area contributed by atoms with E-state index < -0.39 is 11.8 Å². The average molecular weight is 250 g/mol. The summed E-state index contributed by atoms with van der Waals surface area (Å²) in [5, 5.41) is 8.88. The molecule has 1 N–H and O–H groups in total. The number of carbonyl (C=O) groups excluding carboxylic acids is 1. The van der Waals surface area contributed by atoms with Gasteiger partial charge in [-0.2, -0.15) is 0 Å². The van der Waals surface area contributed by atoms with E-state index >= 15 is 0 Å². The molecule has 0 spiro atoms. The Balaban J connectivity index is 1.97. The quantitative estimate of drug-likeness (QED) is 0.836. The van der Waals surface area contributed by atoms with Gasteiger partial charge in [0.25, 0.3) is 0 Å². The van der Waals surface area contributed by atoms with Gasteiger partial charge in [-0.25, -0.2) is 4.39 Å². The number of carbonyl (C=O) groups is 2. The van der Waals surface area contributed by atoms with Crippen molar-refractivity contribution in [3.8, 4) is 0 Å². The van der Waals surface area contributed by atoms with Gasteiger partial charge in [-0.1, -0.05) is 12.1 Å². The summed E-state index contributed by atoms with van der Waals surface area (Å²) >= 11 is 0.